The van der Waals surface area contributed by atoms with Crippen LogP contribution in [0.25, 0.3) is 0 Å². The Balaban J connectivity index is 3.05. The van der Waals surface area contributed by atoms with Gasteiger partial charge in [-0.15, -0.1) is 13.2 Å². The number of carbonyl (C=O) groups excluding carboxylic acids is 1. The predicted octanol–water partition coefficient (Wildman–Crippen LogP) is 3.95. The van der Waals surface area contributed by atoms with E-state index in [9.17, 15) is 18.0 Å². The van der Waals surface area contributed by atoms with Crippen molar-refractivity contribution in [3.63, 3.8) is 0 Å². The first-order valence-electron chi connectivity index (χ1n) is 5.26. The first kappa shape index (κ1) is 14.3. The Bertz CT molecular complexity index is 410. The van der Waals surface area contributed by atoms with Gasteiger partial charge in [-0.25, -0.2) is 4.79 Å². The molecule has 0 saturated heterocycles. The number of anilines is 1. The van der Waals surface area contributed by atoms with Gasteiger partial charge in [0, 0.05) is 0 Å². The summed E-state index contributed by atoms with van der Waals surface area (Å²) >= 11 is 0. The molecule has 1 rings (SSSR count). The number of hydrogen-bond acceptors (Lipinski definition) is 2. The molecule has 0 aliphatic heterocycles. The van der Waals surface area contributed by atoms with Crippen LogP contribution < -0.4 is 4.90 Å². The molecule has 0 aliphatic rings. The Kier molecular flexibility index (Phi) is 3.88. The summed E-state index contributed by atoms with van der Waals surface area (Å²) in [4.78, 5) is 11.3. The zero-order valence-corrected chi connectivity index (χ0v) is 10.3. The number of alkyl halides is 3. The van der Waals surface area contributed by atoms with Gasteiger partial charge in [0.15, 0.2) is 0 Å². The van der Waals surface area contributed by atoms with Gasteiger partial charge in [-0.2, -0.15) is 4.90 Å². The van der Waals surface area contributed by atoms with Gasteiger partial charge in [-0.05, 0) is 32.9 Å². The molecule has 0 spiro atoms. The summed E-state index contributed by atoms with van der Waals surface area (Å²) in [5.74, 6) is 0. The maximum Gasteiger partial charge on any atom is 0.494 e. The molecule has 0 N–H and O–H groups in total. The Morgan fingerprint density at radius 2 is 1.61 bits per heavy atom. The monoisotopic (exact) mass is 261 g/mol. The molecule has 0 unspecified atom stereocenters. The van der Waals surface area contributed by atoms with Gasteiger partial charge in [-0.1, -0.05) is 18.2 Å². The van der Waals surface area contributed by atoms with E-state index in [4.69, 9.17) is 4.74 Å². The van der Waals surface area contributed by atoms with Crippen LogP contribution in [-0.4, -0.2) is 18.0 Å². The second-order valence-corrected chi connectivity index (χ2v) is 4.62. The van der Waals surface area contributed by atoms with Crippen molar-refractivity contribution in [2.45, 2.75) is 32.7 Å². The highest BCUT2D eigenvalue weighted by atomic mass is 19.4. The summed E-state index contributed by atoms with van der Waals surface area (Å²) < 4.78 is 43.3. The lowest BCUT2D eigenvalue weighted by molar-refractivity contribution is -0.127. The highest BCUT2D eigenvalue weighted by Gasteiger charge is 2.44. The highest BCUT2D eigenvalue weighted by Crippen LogP contribution is 2.30. The first-order valence-corrected chi connectivity index (χ1v) is 5.26. The van der Waals surface area contributed by atoms with Crippen LogP contribution in [0, 0.1) is 0 Å². The number of nitrogens with zero attached hydrogens (tertiary/aromatic N) is 1. The van der Waals surface area contributed by atoms with Gasteiger partial charge >= 0.3 is 12.4 Å². The lowest BCUT2D eigenvalue weighted by Gasteiger charge is -2.28. The number of halogens is 3. The highest BCUT2D eigenvalue weighted by molar-refractivity contribution is 5.88. The number of para-hydroxylation sites is 1. The molecule has 1 aromatic carbocycles. The third-order valence-corrected chi connectivity index (χ3v) is 1.84. The Morgan fingerprint density at radius 1 is 1.11 bits per heavy atom. The fraction of sp³-hybridized carbons (Fsp3) is 0.417. The molecular weight excluding hydrogens is 247 g/mol. The maximum absolute atomic E-state index is 12.9. The lowest BCUT2D eigenvalue weighted by atomic mass is 10.2. The average Bonchev–Trinajstić information content (AvgIpc) is 2.13. The van der Waals surface area contributed by atoms with Crippen molar-refractivity contribution in [2.24, 2.45) is 0 Å². The van der Waals surface area contributed by atoms with E-state index in [1.165, 1.54) is 45.0 Å². The normalized spacial score (nSPS) is 12.1. The van der Waals surface area contributed by atoms with Gasteiger partial charge in [0.2, 0.25) is 0 Å². The summed E-state index contributed by atoms with van der Waals surface area (Å²) in [7, 11) is 0. The number of ether oxygens (including phenoxy) is 1. The van der Waals surface area contributed by atoms with Crippen LogP contribution in [0.1, 0.15) is 20.8 Å². The minimum Gasteiger partial charge on any atom is -0.443 e. The van der Waals surface area contributed by atoms with Crippen LogP contribution >= 0.6 is 0 Å². The van der Waals surface area contributed by atoms with Crippen LogP contribution in [0.15, 0.2) is 30.3 Å². The first-order chi connectivity index (χ1) is 8.11. The van der Waals surface area contributed by atoms with Crippen molar-refractivity contribution < 1.29 is 22.7 Å². The molecule has 0 saturated carbocycles. The van der Waals surface area contributed by atoms with E-state index >= 15 is 0 Å². The molecule has 0 aliphatic carbocycles. The minimum absolute atomic E-state index is 0.278. The van der Waals surface area contributed by atoms with Gasteiger partial charge in [0.05, 0.1) is 5.69 Å². The summed E-state index contributed by atoms with van der Waals surface area (Å²) in [6, 6.07) is 6.78. The third kappa shape index (κ3) is 3.94. The SMILES string of the molecule is CC(C)(C)OC(=O)N(c1ccccc1)C(F)(F)F. The summed E-state index contributed by atoms with van der Waals surface area (Å²) in [6.07, 6.45) is -6.27. The molecular formula is C12H14F3NO2. The fourth-order valence-corrected chi connectivity index (χ4v) is 1.24. The van der Waals surface area contributed by atoms with Gasteiger partial charge in [0.1, 0.15) is 5.60 Å². The molecule has 0 fully saturated rings. The average molecular weight is 261 g/mol. The minimum atomic E-state index is -4.83. The van der Waals surface area contributed by atoms with Crippen molar-refractivity contribution in [3.8, 4) is 0 Å². The van der Waals surface area contributed by atoms with Crippen LogP contribution in [0.3, 0.4) is 0 Å². The molecule has 0 aromatic heterocycles. The van der Waals surface area contributed by atoms with E-state index in [1.807, 2.05) is 0 Å². The van der Waals surface area contributed by atoms with Crippen molar-refractivity contribution in [3.05, 3.63) is 30.3 Å². The van der Waals surface area contributed by atoms with Crippen molar-refractivity contribution >= 4 is 11.8 Å². The smallest absolute Gasteiger partial charge is 0.443 e. The topological polar surface area (TPSA) is 29.5 Å². The van der Waals surface area contributed by atoms with E-state index in [0.717, 1.165) is 0 Å². The van der Waals surface area contributed by atoms with E-state index < -0.39 is 18.0 Å². The number of carbonyl (C=O) groups is 1. The summed E-state index contributed by atoms with van der Waals surface area (Å²) in [5, 5.41) is 0. The van der Waals surface area contributed by atoms with Crippen molar-refractivity contribution in [2.75, 3.05) is 4.90 Å². The second kappa shape index (κ2) is 4.88. The Hall–Kier alpha value is -1.72. The Morgan fingerprint density at radius 3 is 2.00 bits per heavy atom. The van der Waals surface area contributed by atoms with Crippen LogP contribution in [0.4, 0.5) is 23.7 Å². The zero-order chi connectivity index (χ0) is 14.0. The van der Waals surface area contributed by atoms with Crippen LogP contribution in [0.2, 0.25) is 0 Å². The molecule has 100 valence electrons. The van der Waals surface area contributed by atoms with Gasteiger partial charge in [0.25, 0.3) is 0 Å². The number of amides is 1. The predicted molar refractivity (Wildman–Crippen MR) is 61.2 cm³/mol. The maximum atomic E-state index is 12.9. The van der Waals surface area contributed by atoms with Crippen LogP contribution in [0.5, 0.6) is 0 Å². The molecule has 1 amide bonds. The molecule has 1 aromatic rings. The van der Waals surface area contributed by atoms with Crippen LogP contribution in [-0.2, 0) is 4.74 Å². The molecule has 0 radical (unpaired) electrons. The molecule has 6 heteroatoms. The standard InChI is InChI=1S/C12H14F3NO2/c1-11(2,3)18-10(17)16(12(13,14)15)9-7-5-4-6-8-9/h4-8H,1-3H3. The van der Waals surface area contributed by atoms with Crippen molar-refractivity contribution in [1.82, 2.24) is 0 Å². The number of rotatable bonds is 1. The summed E-state index contributed by atoms with van der Waals surface area (Å²) in [6.45, 7) is 4.51. The largest absolute Gasteiger partial charge is 0.494 e. The Labute approximate surface area is 103 Å². The third-order valence-electron chi connectivity index (χ3n) is 1.84. The number of hydrogen-bond donors (Lipinski definition) is 0. The van der Waals surface area contributed by atoms with Gasteiger partial charge < -0.3 is 4.74 Å². The van der Waals surface area contributed by atoms with E-state index in [2.05, 4.69) is 0 Å². The zero-order valence-electron chi connectivity index (χ0n) is 10.3. The molecule has 0 bridgehead atoms. The lowest BCUT2D eigenvalue weighted by Crippen LogP contribution is -2.45. The molecule has 18 heavy (non-hydrogen) atoms. The number of benzene rings is 1. The quantitative estimate of drug-likeness (QED) is 0.716. The summed E-state index contributed by atoms with van der Waals surface area (Å²) in [5.41, 5.74) is -1.27. The van der Waals surface area contributed by atoms with Crippen molar-refractivity contribution in [1.29, 1.82) is 0 Å². The molecule has 0 atom stereocenters. The van der Waals surface area contributed by atoms with E-state index in [-0.39, 0.29) is 10.6 Å². The van der Waals surface area contributed by atoms with E-state index in [1.54, 1.807) is 6.07 Å². The molecule has 3 nitrogen and oxygen atoms in total. The van der Waals surface area contributed by atoms with E-state index in [0.29, 0.717) is 0 Å². The second-order valence-electron chi connectivity index (χ2n) is 4.62. The molecule has 0 heterocycles. The fourth-order valence-electron chi connectivity index (χ4n) is 1.24. The van der Waals surface area contributed by atoms with Gasteiger partial charge in [-0.3, -0.25) is 0 Å².